The fourth-order valence-electron chi connectivity index (χ4n) is 1.88. The molecule has 0 spiro atoms. The molecule has 19 heavy (non-hydrogen) atoms. The first kappa shape index (κ1) is 15.8. The van der Waals surface area contributed by atoms with Crippen LogP contribution in [0.2, 0.25) is 0 Å². The van der Waals surface area contributed by atoms with Gasteiger partial charge in [-0.2, -0.15) is 0 Å². The summed E-state index contributed by atoms with van der Waals surface area (Å²) in [6, 6.07) is 0. The summed E-state index contributed by atoms with van der Waals surface area (Å²) in [4.78, 5) is 24.5. The Balaban J connectivity index is 2.60. The molecule has 0 aliphatic carbocycles. The lowest BCUT2D eigenvalue weighted by molar-refractivity contribution is -0.167. The van der Waals surface area contributed by atoms with Crippen LogP contribution < -0.4 is 0 Å². The Bertz CT molecular complexity index is 351. The standard InChI is InChI=1S/C14H25NO4/c1-10(13(2,3)4)19-11(16)14(5)6-8-15(9-7-14)12(17)18/h10H,6-9H2,1-5H3,(H,17,18). The minimum absolute atomic E-state index is 0.0895. The Morgan fingerprint density at radius 3 is 2.11 bits per heavy atom. The Hall–Kier alpha value is -1.26. The van der Waals surface area contributed by atoms with E-state index in [9.17, 15) is 9.59 Å². The maximum Gasteiger partial charge on any atom is 0.407 e. The molecule has 110 valence electrons. The average molecular weight is 271 g/mol. The number of amides is 1. The zero-order valence-corrected chi connectivity index (χ0v) is 12.5. The van der Waals surface area contributed by atoms with Crippen LogP contribution >= 0.6 is 0 Å². The Labute approximate surface area is 114 Å². The van der Waals surface area contributed by atoms with Crippen molar-refractivity contribution in [2.75, 3.05) is 13.1 Å². The van der Waals surface area contributed by atoms with E-state index in [1.165, 1.54) is 4.90 Å². The van der Waals surface area contributed by atoms with Gasteiger partial charge in [-0.15, -0.1) is 0 Å². The van der Waals surface area contributed by atoms with Crippen molar-refractivity contribution in [1.29, 1.82) is 0 Å². The molecule has 0 aromatic rings. The van der Waals surface area contributed by atoms with Crippen LogP contribution in [0.25, 0.3) is 0 Å². The minimum Gasteiger partial charge on any atom is -0.465 e. The smallest absolute Gasteiger partial charge is 0.407 e. The zero-order valence-electron chi connectivity index (χ0n) is 12.5. The van der Waals surface area contributed by atoms with E-state index >= 15 is 0 Å². The average Bonchev–Trinajstić information content (AvgIpc) is 2.28. The molecule has 1 aliphatic heterocycles. The maximum absolute atomic E-state index is 12.3. The molecule has 5 heteroatoms. The molecule has 1 fully saturated rings. The number of rotatable bonds is 2. The maximum atomic E-state index is 12.3. The Morgan fingerprint density at radius 2 is 1.74 bits per heavy atom. The second kappa shape index (κ2) is 5.39. The number of piperidine rings is 1. The van der Waals surface area contributed by atoms with Gasteiger partial charge in [-0.1, -0.05) is 20.8 Å². The monoisotopic (exact) mass is 271 g/mol. The number of nitrogens with zero attached hydrogens (tertiary/aromatic N) is 1. The van der Waals surface area contributed by atoms with Crippen molar-refractivity contribution in [3.63, 3.8) is 0 Å². The molecule has 1 aliphatic rings. The number of likely N-dealkylation sites (tertiary alicyclic amines) is 1. The molecule has 1 saturated heterocycles. The van der Waals surface area contributed by atoms with Gasteiger partial charge in [0.05, 0.1) is 5.41 Å². The number of esters is 1. The largest absolute Gasteiger partial charge is 0.465 e. The van der Waals surface area contributed by atoms with Crippen LogP contribution in [0, 0.1) is 10.8 Å². The molecule has 1 unspecified atom stereocenters. The summed E-state index contributed by atoms with van der Waals surface area (Å²) in [6.45, 7) is 10.6. The molecule has 0 saturated carbocycles. The van der Waals surface area contributed by atoms with E-state index in [2.05, 4.69) is 0 Å². The van der Waals surface area contributed by atoms with Crippen molar-refractivity contribution in [2.45, 2.75) is 53.6 Å². The van der Waals surface area contributed by atoms with Crippen LogP contribution in [0.3, 0.4) is 0 Å². The highest BCUT2D eigenvalue weighted by Crippen LogP contribution is 2.34. The van der Waals surface area contributed by atoms with Crippen molar-refractivity contribution in [3.8, 4) is 0 Å². The summed E-state index contributed by atoms with van der Waals surface area (Å²) in [5.41, 5.74) is -0.654. The molecule has 1 rings (SSSR count). The third-order valence-corrected chi connectivity index (χ3v) is 4.13. The van der Waals surface area contributed by atoms with E-state index in [4.69, 9.17) is 9.84 Å². The van der Waals surface area contributed by atoms with Crippen molar-refractivity contribution in [2.24, 2.45) is 10.8 Å². The van der Waals surface area contributed by atoms with Crippen LogP contribution in [0.4, 0.5) is 4.79 Å². The van der Waals surface area contributed by atoms with E-state index in [0.29, 0.717) is 25.9 Å². The topological polar surface area (TPSA) is 66.8 Å². The van der Waals surface area contributed by atoms with Gasteiger partial charge in [0.2, 0.25) is 0 Å². The van der Waals surface area contributed by atoms with Crippen LogP contribution in [-0.4, -0.2) is 41.3 Å². The van der Waals surface area contributed by atoms with Gasteiger partial charge in [0.25, 0.3) is 0 Å². The van der Waals surface area contributed by atoms with Gasteiger partial charge in [-0.05, 0) is 32.1 Å². The molecule has 1 heterocycles. The predicted octanol–water partition coefficient (Wildman–Crippen LogP) is 2.74. The van der Waals surface area contributed by atoms with Crippen molar-refractivity contribution in [1.82, 2.24) is 4.90 Å². The lowest BCUT2D eigenvalue weighted by atomic mass is 9.80. The minimum atomic E-state index is -0.918. The van der Waals surface area contributed by atoms with Gasteiger partial charge in [-0.25, -0.2) is 4.79 Å². The quantitative estimate of drug-likeness (QED) is 0.784. The third kappa shape index (κ3) is 3.85. The first-order chi connectivity index (χ1) is 8.56. The SMILES string of the molecule is CC(OC(=O)C1(C)CCN(C(=O)O)CC1)C(C)(C)C. The molecule has 0 radical (unpaired) electrons. The van der Waals surface area contributed by atoms with Gasteiger partial charge >= 0.3 is 12.1 Å². The summed E-state index contributed by atoms with van der Waals surface area (Å²) in [7, 11) is 0. The highest BCUT2D eigenvalue weighted by Gasteiger charge is 2.41. The van der Waals surface area contributed by atoms with Crippen molar-refractivity contribution < 1.29 is 19.4 Å². The van der Waals surface area contributed by atoms with Crippen molar-refractivity contribution >= 4 is 12.1 Å². The molecule has 1 amide bonds. The van der Waals surface area contributed by atoms with Gasteiger partial charge in [0, 0.05) is 13.1 Å². The van der Waals surface area contributed by atoms with E-state index in [1.807, 2.05) is 34.6 Å². The fraction of sp³-hybridized carbons (Fsp3) is 0.857. The lowest BCUT2D eigenvalue weighted by Gasteiger charge is -2.38. The van der Waals surface area contributed by atoms with Crippen LogP contribution in [0.15, 0.2) is 0 Å². The lowest BCUT2D eigenvalue weighted by Crippen LogP contribution is -2.46. The summed E-state index contributed by atoms with van der Waals surface area (Å²) >= 11 is 0. The molecule has 1 atom stereocenters. The predicted molar refractivity (Wildman–Crippen MR) is 71.9 cm³/mol. The molecule has 0 aromatic heterocycles. The highest BCUT2D eigenvalue weighted by atomic mass is 16.5. The van der Waals surface area contributed by atoms with Gasteiger partial charge in [-0.3, -0.25) is 4.79 Å². The summed E-state index contributed by atoms with van der Waals surface area (Å²) < 4.78 is 5.55. The first-order valence-corrected chi connectivity index (χ1v) is 6.75. The number of hydrogen-bond acceptors (Lipinski definition) is 3. The molecule has 5 nitrogen and oxygen atoms in total. The highest BCUT2D eigenvalue weighted by molar-refractivity contribution is 5.77. The number of carbonyl (C=O) groups excluding carboxylic acids is 1. The van der Waals surface area contributed by atoms with E-state index in [-0.39, 0.29) is 17.5 Å². The normalized spacial score (nSPS) is 20.8. The molecule has 1 N–H and O–H groups in total. The van der Waals surface area contributed by atoms with Crippen LogP contribution in [-0.2, 0) is 9.53 Å². The number of hydrogen-bond donors (Lipinski definition) is 1. The third-order valence-electron chi connectivity index (χ3n) is 4.13. The second-order valence-electron chi connectivity index (χ2n) is 6.74. The van der Waals surface area contributed by atoms with E-state index < -0.39 is 11.5 Å². The summed E-state index contributed by atoms with van der Waals surface area (Å²) in [6.07, 6.45) is -0.0305. The molecular weight excluding hydrogens is 246 g/mol. The van der Waals surface area contributed by atoms with Gasteiger partial charge in [0.15, 0.2) is 0 Å². The Morgan fingerprint density at radius 1 is 1.26 bits per heavy atom. The van der Waals surface area contributed by atoms with Gasteiger partial charge in [0.1, 0.15) is 6.10 Å². The van der Waals surface area contributed by atoms with Crippen molar-refractivity contribution in [3.05, 3.63) is 0 Å². The summed E-state index contributed by atoms with van der Waals surface area (Å²) in [5, 5.41) is 8.91. The van der Waals surface area contributed by atoms with Gasteiger partial charge < -0.3 is 14.7 Å². The number of ether oxygens (including phenoxy) is 1. The molecular formula is C14H25NO4. The number of carbonyl (C=O) groups is 2. The Kier molecular flexibility index (Phi) is 4.48. The zero-order chi connectivity index (χ0) is 14.8. The van der Waals surface area contributed by atoms with E-state index in [0.717, 1.165) is 0 Å². The molecule has 0 aromatic carbocycles. The molecule has 0 bridgehead atoms. The van der Waals surface area contributed by atoms with Crippen LogP contribution in [0.1, 0.15) is 47.5 Å². The van der Waals surface area contributed by atoms with E-state index in [1.54, 1.807) is 0 Å². The second-order valence-corrected chi connectivity index (χ2v) is 6.74. The fourth-order valence-corrected chi connectivity index (χ4v) is 1.88. The number of carboxylic acid groups (broad SMARTS) is 1. The van der Waals surface area contributed by atoms with Crippen LogP contribution in [0.5, 0.6) is 0 Å². The summed E-state index contributed by atoms with van der Waals surface area (Å²) in [5.74, 6) is -0.208. The first-order valence-electron chi connectivity index (χ1n) is 6.75.